The normalized spacial score (nSPS) is 19.8. The minimum Gasteiger partial charge on any atom is -0.459 e. The number of fused-ring (bicyclic) bond motifs is 1. The third-order valence-electron chi connectivity index (χ3n) is 4.97. The Bertz CT molecular complexity index is 1180. The van der Waals surface area contributed by atoms with E-state index in [1.165, 1.54) is 10.8 Å². The van der Waals surface area contributed by atoms with Gasteiger partial charge in [-0.15, -0.1) is 0 Å². The highest BCUT2D eigenvalue weighted by Crippen LogP contribution is 2.21. The van der Waals surface area contributed by atoms with Crippen molar-refractivity contribution in [1.29, 1.82) is 0 Å². The molecule has 1 saturated heterocycles. The van der Waals surface area contributed by atoms with Crippen LogP contribution < -0.4 is 17.0 Å². The monoisotopic (exact) mass is 414 g/mol. The molecule has 0 spiro atoms. The number of hydrogen-bond acceptors (Lipinski definition) is 7. The molecule has 4 N–H and O–H groups in total. The topological polar surface area (TPSA) is 141 Å². The molecule has 3 heterocycles. The Labute approximate surface area is 170 Å². The van der Waals surface area contributed by atoms with Crippen LogP contribution in [0.5, 0.6) is 0 Å². The van der Waals surface area contributed by atoms with Crippen molar-refractivity contribution < 1.29 is 19.0 Å². The fourth-order valence-electron chi connectivity index (χ4n) is 3.35. The molecule has 3 atom stereocenters. The van der Waals surface area contributed by atoms with Crippen LogP contribution in [0.15, 0.2) is 46.2 Å². The maximum absolute atomic E-state index is 12.3. The number of carbonyl (C=O) groups excluding carboxylic acids is 1. The maximum Gasteiger partial charge on any atom is 0.330 e. The summed E-state index contributed by atoms with van der Waals surface area (Å²) in [4.78, 5) is 41.1. The van der Waals surface area contributed by atoms with Crippen LogP contribution in [-0.2, 0) is 25.4 Å². The van der Waals surface area contributed by atoms with Crippen LogP contribution in [0.2, 0.25) is 0 Å². The van der Waals surface area contributed by atoms with E-state index >= 15 is 0 Å². The van der Waals surface area contributed by atoms with Gasteiger partial charge in [0.25, 0.3) is 5.56 Å². The number of aromatic amines is 2. The zero-order valence-corrected chi connectivity index (χ0v) is 16.3. The van der Waals surface area contributed by atoms with E-state index < -0.39 is 35.8 Å². The molecule has 1 aliphatic rings. The van der Waals surface area contributed by atoms with Gasteiger partial charge in [0.2, 0.25) is 0 Å². The van der Waals surface area contributed by atoms with Crippen LogP contribution >= 0.6 is 0 Å². The van der Waals surface area contributed by atoms with Crippen LogP contribution in [0, 0.1) is 6.92 Å². The van der Waals surface area contributed by atoms with Gasteiger partial charge in [0, 0.05) is 35.3 Å². The molecule has 0 radical (unpaired) electrons. The Kier molecular flexibility index (Phi) is 5.53. The van der Waals surface area contributed by atoms with Gasteiger partial charge in [-0.1, -0.05) is 18.2 Å². The molecule has 158 valence electrons. The lowest BCUT2D eigenvalue weighted by molar-refractivity contribution is -0.160. The van der Waals surface area contributed by atoms with E-state index in [9.17, 15) is 14.4 Å². The molecule has 4 rings (SSSR count). The number of benzene rings is 1. The molecular formula is C20H22N4O6. The van der Waals surface area contributed by atoms with Gasteiger partial charge < -0.3 is 24.9 Å². The number of nitrogens with zero attached hydrogens (tertiary/aromatic N) is 1. The molecular weight excluding hydrogens is 392 g/mol. The molecule has 10 heteroatoms. The first-order valence-corrected chi connectivity index (χ1v) is 9.48. The van der Waals surface area contributed by atoms with Crippen LogP contribution in [-0.4, -0.2) is 46.0 Å². The quantitative estimate of drug-likeness (QED) is 0.493. The second-order valence-corrected chi connectivity index (χ2v) is 7.13. The van der Waals surface area contributed by atoms with E-state index in [1.807, 2.05) is 30.5 Å². The molecule has 0 saturated carbocycles. The fraction of sp³-hybridized carbons (Fsp3) is 0.350. The molecule has 3 aromatic rings. The van der Waals surface area contributed by atoms with Crippen molar-refractivity contribution in [2.24, 2.45) is 5.73 Å². The summed E-state index contributed by atoms with van der Waals surface area (Å²) in [5.74, 6) is -0.576. The SMILES string of the molecule is Cc1cn(C2COC(COC(=O)[C@@H](N)Cc3c[nH]c4ccccc34)O2)c(=O)[nH]c1=O. The van der Waals surface area contributed by atoms with Gasteiger partial charge in [-0.05, 0) is 18.6 Å². The van der Waals surface area contributed by atoms with Crippen LogP contribution in [0.25, 0.3) is 10.9 Å². The van der Waals surface area contributed by atoms with Crippen molar-refractivity contribution in [3.8, 4) is 0 Å². The highest BCUT2D eigenvalue weighted by atomic mass is 16.7. The number of H-pyrrole nitrogens is 2. The molecule has 0 bridgehead atoms. The lowest BCUT2D eigenvalue weighted by Crippen LogP contribution is -2.36. The highest BCUT2D eigenvalue weighted by Gasteiger charge is 2.30. The molecule has 30 heavy (non-hydrogen) atoms. The number of nitrogens with one attached hydrogen (secondary N) is 2. The minimum absolute atomic E-state index is 0.0784. The first kappa shape index (κ1) is 20.1. The summed E-state index contributed by atoms with van der Waals surface area (Å²) in [6.45, 7) is 1.50. The predicted molar refractivity (Wildman–Crippen MR) is 107 cm³/mol. The lowest BCUT2D eigenvalue weighted by Gasteiger charge is -2.15. The summed E-state index contributed by atoms with van der Waals surface area (Å²) in [5, 5.41) is 1.01. The van der Waals surface area contributed by atoms with Crippen molar-refractivity contribution >= 4 is 16.9 Å². The van der Waals surface area contributed by atoms with Crippen molar-refractivity contribution in [3.63, 3.8) is 0 Å². The Balaban J connectivity index is 1.32. The molecule has 0 amide bonds. The van der Waals surface area contributed by atoms with Gasteiger partial charge in [0.1, 0.15) is 12.6 Å². The maximum atomic E-state index is 12.3. The van der Waals surface area contributed by atoms with Gasteiger partial charge in [-0.25, -0.2) is 4.79 Å². The van der Waals surface area contributed by atoms with E-state index in [0.29, 0.717) is 12.0 Å². The minimum atomic E-state index is -0.842. The fourth-order valence-corrected chi connectivity index (χ4v) is 3.35. The summed E-state index contributed by atoms with van der Waals surface area (Å²) in [5.41, 5.74) is 7.22. The number of aryl methyl sites for hydroxylation is 1. The standard InChI is InChI=1S/C20H22N4O6/c1-11-8-24(20(27)23-18(11)25)16-9-28-17(30-16)10-29-19(26)14(21)6-12-7-22-15-5-3-2-4-13(12)15/h2-5,7-8,14,16-17,22H,6,9-10,21H2,1H3,(H,23,25,27)/t14-,16?,17?/m0/s1. The summed E-state index contributed by atoms with van der Waals surface area (Å²) < 4.78 is 17.5. The van der Waals surface area contributed by atoms with E-state index in [1.54, 1.807) is 6.92 Å². The molecule has 1 fully saturated rings. The summed E-state index contributed by atoms with van der Waals surface area (Å²) in [7, 11) is 0. The number of rotatable bonds is 6. The van der Waals surface area contributed by atoms with E-state index in [2.05, 4.69) is 9.97 Å². The number of para-hydroxylation sites is 1. The predicted octanol–water partition coefficient (Wildman–Crippen LogP) is 0.311. The smallest absolute Gasteiger partial charge is 0.330 e. The van der Waals surface area contributed by atoms with Crippen molar-refractivity contribution in [2.75, 3.05) is 13.2 Å². The number of esters is 1. The van der Waals surface area contributed by atoms with E-state index in [0.717, 1.165) is 16.5 Å². The summed E-state index contributed by atoms with van der Waals surface area (Å²) in [6.07, 6.45) is 2.00. The van der Waals surface area contributed by atoms with Gasteiger partial charge in [0.05, 0.1) is 6.61 Å². The molecule has 2 aromatic heterocycles. The van der Waals surface area contributed by atoms with Gasteiger partial charge in [-0.3, -0.25) is 19.1 Å². The van der Waals surface area contributed by atoms with Crippen molar-refractivity contribution in [1.82, 2.24) is 14.5 Å². The van der Waals surface area contributed by atoms with Gasteiger partial charge >= 0.3 is 11.7 Å². The number of ether oxygens (including phenoxy) is 3. The van der Waals surface area contributed by atoms with Crippen LogP contribution in [0.3, 0.4) is 0 Å². The molecule has 10 nitrogen and oxygen atoms in total. The Morgan fingerprint density at radius 1 is 1.37 bits per heavy atom. The molecule has 1 aromatic carbocycles. The molecule has 1 aliphatic heterocycles. The number of aromatic nitrogens is 3. The third kappa shape index (κ3) is 4.06. The molecule has 0 aliphatic carbocycles. The Morgan fingerprint density at radius 2 is 2.17 bits per heavy atom. The Hall–Kier alpha value is -3.21. The largest absolute Gasteiger partial charge is 0.459 e. The second-order valence-electron chi connectivity index (χ2n) is 7.13. The number of carbonyl (C=O) groups is 1. The van der Waals surface area contributed by atoms with Crippen LogP contribution in [0.4, 0.5) is 0 Å². The van der Waals surface area contributed by atoms with E-state index in [4.69, 9.17) is 19.9 Å². The summed E-state index contributed by atoms with van der Waals surface area (Å²) in [6, 6.07) is 6.91. The van der Waals surface area contributed by atoms with Crippen LogP contribution in [0.1, 0.15) is 17.4 Å². The van der Waals surface area contributed by atoms with Crippen molar-refractivity contribution in [2.45, 2.75) is 31.9 Å². The van der Waals surface area contributed by atoms with E-state index in [-0.39, 0.29) is 13.2 Å². The number of hydrogen-bond donors (Lipinski definition) is 3. The van der Waals surface area contributed by atoms with Crippen molar-refractivity contribution in [3.05, 3.63) is 68.6 Å². The zero-order valence-electron chi connectivity index (χ0n) is 16.3. The average molecular weight is 414 g/mol. The number of nitrogens with two attached hydrogens (primary N) is 1. The van der Waals surface area contributed by atoms with Gasteiger partial charge in [-0.2, -0.15) is 0 Å². The molecule has 2 unspecified atom stereocenters. The Morgan fingerprint density at radius 3 is 3.00 bits per heavy atom. The second kappa shape index (κ2) is 8.27. The highest BCUT2D eigenvalue weighted by molar-refractivity contribution is 5.84. The third-order valence-corrected chi connectivity index (χ3v) is 4.97. The zero-order chi connectivity index (χ0) is 21.3. The first-order valence-electron chi connectivity index (χ1n) is 9.48. The summed E-state index contributed by atoms with van der Waals surface area (Å²) >= 11 is 0. The first-order chi connectivity index (χ1) is 14.4. The average Bonchev–Trinajstić information content (AvgIpc) is 3.36. The van der Waals surface area contributed by atoms with Gasteiger partial charge in [0.15, 0.2) is 12.5 Å². The lowest BCUT2D eigenvalue weighted by atomic mass is 10.1.